The molecule has 0 radical (unpaired) electrons. The molecule has 8 heteroatoms. The van der Waals surface area contributed by atoms with Gasteiger partial charge in [0, 0.05) is 25.1 Å². The molecular formula is C19H19N3O5. The lowest BCUT2D eigenvalue weighted by Crippen LogP contribution is -2.45. The molecule has 1 N–H and O–H groups in total. The Bertz CT molecular complexity index is 912. The van der Waals surface area contributed by atoms with Gasteiger partial charge in [0.1, 0.15) is 5.75 Å². The van der Waals surface area contributed by atoms with Crippen molar-refractivity contribution in [3.8, 4) is 5.75 Å². The molecule has 0 bridgehead atoms. The van der Waals surface area contributed by atoms with Crippen molar-refractivity contribution in [2.24, 2.45) is 0 Å². The minimum absolute atomic E-state index is 0.0505. The smallest absolute Gasteiger partial charge is 0.271 e. The Labute approximate surface area is 155 Å². The number of hydrogen-bond acceptors (Lipinski definition) is 5. The van der Waals surface area contributed by atoms with Crippen molar-refractivity contribution < 1.29 is 19.2 Å². The zero-order valence-corrected chi connectivity index (χ0v) is 15.0. The highest BCUT2D eigenvalue weighted by molar-refractivity contribution is 6.01. The van der Waals surface area contributed by atoms with Crippen LogP contribution in [0.15, 0.2) is 42.5 Å². The molecule has 0 saturated carbocycles. The molecule has 1 aliphatic heterocycles. The number of nitrogens with one attached hydrogen (secondary N) is 1. The second-order valence-electron chi connectivity index (χ2n) is 6.27. The van der Waals surface area contributed by atoms with Gasteiger partial charge in [-0.15, -0.1) is 0 Å². The van der Waals surface area contributed by atoms with Gasteiger partial charge < -0.3 is 15.0 Å². The Morgan fingerprint density at radius 1 is 1.30 bits per heavy atom. The van der Waals surface area contributed by atoms with Crippen LogP contribution in [-0.2, 0) is 9.59 Å². The summed E-state index contributed by atoms with van der Waals surface area (Å²) in [4.78, 5) is 36.7. The average Bonchev–Trinajstić information content (AvgIpc) is 2.63. The summed E-state index contributed by atoms with van der Waals surface area (Å²) in [7, 11) is 0. The first kappa shape index (κ1) is 18.4. The Balaban J connectivity index is 1.70. The van der Waals surface area contributed by atoms with Crippen LogP contribution in [-0.4, -0.2) is 29.4 Å². The second-order valence-corrected chi connectivity index (χ2v) is 6.27. The van der Waals surface area contributed by atoms with Crippen molar-refractivity contribution in [2.75, 3.05) is 16.8 Å². The first-order valence-corrected chi connectivity index (χ1v) is 8.49. The van der Waals surface area contributed by atoms with Gasteiger partial charge in [-0.1, -0.05) is 18.2 Å². The van der Waals surface area contributed by atoms with Crippen molar-refractivity contribution in [1.82, 2.24) is 0 Å². The predicted molar refractivity (Wildman–Crippen MR) is 100.0 cm³/mol. The topological polar surface area (TPSA) is 102 Å². The van der Waals surface area contributed by atoms with E-state index >= 15 is 0 Å². The molecule has 0 spiro atoms. The van der Waals surface area contributed by atoms with Gasteiger partial charge >= 0.3 is 0 Å². The molecule has 0 fully saturated rings. The van der Waals surface area contributed by atoms with Crippen LogP contribution in [0.25, 0.3) is 0 Å². The number of carbonyl (C=O) groups excluding carboxylic acids is 2. The van der Waals surface area contributed by atoms with Crippen molar-refractivity contribution in [3.63, 3.8) is 0 Å². The lowest BCUT2D eigenvalue weighted by atomic mass is 10.1. The number of nitrogens with zero attached hydrogens (tertiary/aromatic N) is 2. The number of non-ortho nitro benzene ring substituents is 1. The number of rotatable bonds is 5. The molecule has 1 atom stereocenters. The van der Waals surface area contributed by atoms with Gasteiger partial charge in [-0.05, 0) is 31.5 Å². The molecule has 0 aromatic heterocycles. The third-order valence-electron chi connectivity index (χ3n) is 4.34. The molecule has 0 aliphatic carbocycles. The van der Waals surface area contributed by atoms with Crippen LogP contribution in [0.2, 0.25) is 0 Å². The van der Waals surface area contributed by atoms with E-state index in [0.29, 0.717) is 17.1 Å². The van der Waals surface area contributed by atoms with E-state index in [0.717, 1.165) is 5.56 Å². The molecule has 2 aromatic carbocycles. The highest BCUT2D eigenvalue weighted by Crippen LogP contribution is 2.33. The van der Waals surface area contributed by atoms with E-state index in [2.05, 4.69) is 5.32 Å². The third kappa shape index (κ3) is 3.89. The Morgan fingerprint density at radius 3 is 2.78 bits per heavy atom. The average molecular weight is 369 g/mol. The molecule has 1 unspecified atom stereocenters. The Kier molecular flexibility index (Phi) is 5.07. The van der Waals surface area contributed by atoms with Gasteiger partial charge in [0.2, 0.25) is 5.91 Å². The SMILES string of the molecule is Cc1ccc([N+](=O)[O-])cc1NC(=O)CCN1C(=O)C(C)Oc2ccccc21. The fourth-order valence-electron chi connectivity index (χ4n) is 2.87. The van der Waals surface area contributed by atoms with Crippen LogP contribution in [0.4, 0.5) is 17.1 Å². The van der Waals surface area contributed by atoms with Crippen LogP contribution in [0.1, 0.15) is 18.9 Å². The standard InChI is InChI=1S/C19H19N3O5/c1-12-7-8-14(22(25)26)11-15(12)20-18(23)9-10-21-16-5-3-4-6-17(16)27-13(2)19(21)24/h3-8,11,13H,9-10H2,1-2H3,(H,20,23). The van der Waals surface area contributed by atoms with Gasteiger partial charge in [0.15, 0.2) is 6.10 Å². The molecule has 8 nitrogen and oxygen atoms in total. The van der Waals surface area contributed by atoms with Gasteiger partial charge in [-0.2, -0.15) is 0 Å². The zero-order chi connectivity index (χ0) is 19.6. The Morgan fingerprint density at radius 2 is 2.04 bits per heavy atom. The summed E-state index contributed by atoms with van der Waals surface area (Å²) in [5.41, 5.74) is 1.63. The van der Waals surface area contributed by atoms with Gasteiger partial charge in [0.25, 0.3) is 11.6 Å². The van der Waals surface area contributed by atoms with Gasteiger partial charge in [-0.3, -0.25) is 19.7 Å². The first-order chi connectivity index (χ1) is 12.9. The second kappa shape index (κ2) is 7.45. The van der Waals surface area contributed by atoms with Crippen molar-refractivity contribution in [3.05, 3.63) is 58.1 Å². The van der Waals surface area contributed by atoms with E-state index in [1.54, 1.807) is 38.1 Å². The molecule has 3 rings (SSSR count). The maximum atomic E-state index is 12.4. The predicted octanol–water partition coefficient (Wildman–Crippen LogP) is 3.05. The molecule has 27 heavy (non-hydrogen) atoms. The summed E-state index contributed by atoms with van der Waals surface area (Å²) in [6, 6.07) is 11.4. The molecule has 1 aliphatic rings. The zero-order valence-electron chi connectivity index (χ0n) is 15.0. The summed E-state index contributed by atoms with van der Waals surface area (Å²) < 4.78 is 5.57. The number of anilines is 2. The van der Waals surface area contributed by atoms with E-state index in [1.807, 2.05) is 6.07 Å². The summed E-state index contributed by atoms with van der Waals surface area (Å²) in [6.07, 6.45) is -0.573. The molecule has 2 aromatic rings. The summed E-state index contributed by atoms with van der Waals surface area (Å²) >= 11 is 0. The van der Waals surface area contributed by atoms with Gasteiger partial charge in [0.05, 0.1) is 16.3 Å². The van der Waals surface area contributed by atoms with E-state index in [1.165, 1.54) is 17.0 Å². The number of aryl methyl sites for hydroxylation is 1. The fraction of sp³-hybridized carbons (Fsp3) is 0.263. The molecule has 2 amide bonds. The number of ether oxygens (including phenoxy) is 1. The van der Waals surface area contributed by atoms with Crippen LogP contribution < -0.4 is 15.0 Å². The van der Waals surface area contributed by atoms with Crippen molar-refractivity contribution in [2.45, 2.75) is 26.4 Å². The number of fused-ring (bicyclic) bond motifs is 1. The first-order valence-electron chi connectivity index (χ1n) is 8.49. The molecule has 0 saturated heterocycles. The Hall–Kier alpha value is -3.42. The summed E-state index contributed by atoms with van der Waals surface area (Å²) in [6.45, 7) is 3.60. The number of benzene rings is 2. The van der Waals surface area contributed by atoms with Crippen LogP contribution in [0.3, 0.4) is 0 Å². The highest BCUT2D eigenvalue weighted by atomic mass is 16.6. The number of hydrogen-bond donors (Lipinski definition) is 1. The van der Waals surface area contributed by atoms with Crippen LogP contribution in [0.5, 0.6) is 5.75 Å². The van der Waals surface area contributed by atoms with Crippen molar-refractivity contribution in [1.29, 1.82) is 0 Å². The van der Waals surface area contributed by atoms with Gasteiger partial charge in [-0.25, -0.2) is 0 Å². The van der Waals surface area contributed by atoms with Crippen LogP contribution in [0, 0.1) is 17.0 Å². The van der Waals surface area contributed by atoms with E-state index in [9.17, 15) is 19.7 Å². The number of nitro benzene ring substituents is 1. The number of carbonyl (C=O) groups is 2. The quantitative estimate of drug-likeness (QED) is 0.645. The highest BCUT2D eigenvalue weighted by Gasteiger charge is 2.31. The summed E-state index contributed by atoms with van der Waals surface area (Å²) in [5.74, 6) is 0.0515. The molecule has 140 valence electrons. The normalized spacial score (nSPS) is 15.7. The monoisotopic (exact) mass is 369 g/mol. The summed E-state index contributed by atoms with van der Waals surface area (Å²) in [5, 5.41) is 13.6. The largest absolute Gasteiger partial charge is 0.479 e. The molecule has 1 heterocycles. The molecular weight excluding hydrogens is 350 g/mol. The third-order valence-corrected chi connectivity index (χ3v) is 4.34. The van der Waals surface area contributed by atoms with Crippen LogP contribution >= 0.6 is 0 Å². The number of amides is 2. The lowest BCUT2D eigenvalue weighted by Gasteiger charge is -2.32. The number of nitro groups is 1. The minimum atomic E-state index is -0.623. The van der Waals surface area contributed by atoms with E-state index in [-0.39, 0.29) is 30.5 Å². The van der Waals surface area contributed by atoms with E-state index < -0.39 is 11.0 Å². The lowest BCUT2D eigenvalue weighted by molar-refractivity contribution is -0.384. The maximum absolute atomic E-state index is 12.4. The number of para-hydroxylation sites is 2. The fourth-order valence-corrected chi connectivity index (χ4v) is 2.87. The maximum Gasteiger partial charge on any atom is 0.271 e. The minimum Gasteiger partial charge on any atom is -0.479 e. The van der Waals surface area contributed by atoms with Crippen molar-refractivity contribution >= 4 is 28.9 Å². The van der Waals surface area contributed by atoms with E-state index in [4.69, 9.17) is 4.74 Å².